The van der Waals surface area contributed by atoms with E-state index >= 15 is 0 Å². The molecule has 0 radical (unpaired) electrons. The molecular weight excluding hydrogens is 329 g/mol. The summed E-state index contributed by atoms with van der Waals surface area (Å²) >= 11 is 1.26. The SMILES string of the molecule is Cc1ccc(F)cc1-c1nnc(NC(=O)N2CC3CCC2CN3)s1. The van der Waals surface area contributed by atoms with Gasteiger partial charge in [0.2, 0.25) is 5.13 Å². The van der Waals surface area contributed by atoms with Crippen LogP contribution in [0.25, 0.3) is 10.6 Å². The maximum Gasteiger partial charge on any atom is 0.324 e. The molecule has 8 heteroatoms. The number of piperidine rings is 2. The largest absolute Gasteiger partial charge is 0.324 e. The summed E-state index contributed by atoms with van der Waals surface area (Å²) in [5.41, 5.74) is 1.62. The van der Waals surface area contributed by atoms with Crippen LogP contribution in [0, 0.1) is 12.7 Å². The Balaban J connectivity index is 1.49. The number of rotatable bonds is 2. The first kappa shape index (κ1) is 15.5. The first-order valence-electron chi connectivity index (χ1n) is 8.01. The van der Waals surface area contributed by atoms with Crippen molar-refractivity contribution in [2.24, 2.45) is 0 Å². The molecule has 2 aromatic rings. The predicted octanol–water partition coefficient (Wildman–Crippen LogP) is 2.62. The minimum absolute atomic E-state index is 0.134. The van der Waals surface area contributed by atoms with E-state index in [0.29, 0.717) is 21.7 Å². The number of nitrogens with one attached hydrogen (secondary N) is 2. The van der Waals surface area contributed by atoms with Crippen LogP contribution < -0.4 is 10.6 Å². The summed E-state index contributed by atoms with van der Waals surface area (Å²) in [6.45, 7) is 3.47. The van der Waals surface area contributed by atoms with Crippen LogP contribution in [0.3, 0.4) is 0 Å². The number of aromatic nitrogens is 2. The molecule has 0 saturated carbocycles. The Bertz CT molecular complexity index is 772. The molecule has 126 valence electrons. The first-order valence-corrected chi connectivity index (χ1v) is 8.83. The van der Waals surface area contributed by atoms with Crippen LogP contribution in [0.2, 0.25) is 0 Å². The van der Waals surface area contributed by atoms with Crippen LogP contribution in [0.5, 0.6) is 0 Å². The van der Waals surface area contributed by atoms with E-state index in [-0.39, 0.29) is 17.9 Å². The fraction of sp³-hybridized carbons (Fsp3) is 0.438. The molecule has 2 unspecified atom stereocenters. The number of amides is 2. The fourth-order valence-corrected chi connectivity index (χ4v) is 4.14. The van der Waals surface area contributed by atoms with Gasteiger partial charge in [0, 0.05) is 30.7 Å². The number of nitrogens with zero attached hydrogens (tertiary/aromatic N) is 3. The average Bonchev–Trinajstić information content (AvgIpc) is 3.06. The second kappa shape index (κ2) is 6.10. The Morgan fingerprint density at radius 3 is 3.00 bits per heavy atom. The van der Waals surface area contributed by atoms with Gasteiger partial charge >= 0.3 is 6.03 Å². The Labute approximate surface area is 143 Å². The highest BCUT2D eigenvalue weighted by atomic mass is 32.1. The van der Waals surface area contributed by atoms with Crippen LogP contribution >= 0.6 is 11.3 Å². The van der Waals surface area contributed by atoms with Crippen molar-refractivity contribution in [2.45, 2.75) is 31.8 Å². The van der Waals surface area contributed by atoms with Gasteiger partial charge in [-0.1, -0.05) is 17.4 Å². The molecule has 2 N–H and O–H groups in total. The molecule has 24 heavy (non-hydrogen) atoms. The molecule has 5 rings (SSSR count). The third-order valence-corrected chi connectivity index (χ3v) is 5.55. The van der Waals surface area contributed by atoms with E-state index in [0.717, 1.165) is 31.5 Å². The quantitative estimate of drug-likeness (QED) is 0.876. The van der Waals surface area contributed by atoms with Crippen LogP contribution in [0.15, 0.2) is 18.2 Å². The monoisotopic (exact) mass is 347 g/mol. The van der Waals surface area contributed by atoms with Crippen molar-refractivity contribution in [3.05, 3.63) is 29.6 Å². The minimum Gasteiger partial charge on any atom is -0.319 e. The Morgan fingerprint density at radius 2 is 2.29 bits per heavy atom. The van der Waals surface area contributed by atoms with E-state index < -0.39 is 0 Å². The van der Waals surface area contributed by atoms with Gasteiger partial charge in [-0.05, 0) is 37.5 Å². The van der Waals surface area contributed by atoms with E-state index in [1.165, 1.54) is 23.5 Å². The minimum atomic E-state index is -0.312. The lowest BCUT2D eigenvalue weighted by Gasteiger charge is -2.45. The molecule has 1 aromatic heterocycles. The number of carbonyl (C=O) groups is 1. The van der Waals surface area contributed by atoms with Crippen molar-refractivity contribution >= 4 is 22.5 Å². The molecule has 0 aliphatic carbocycles. The number of fused-ring (bicyclic) bond motifs is 3. The molecule has 3 saturated heterocycles. The second-order valence-electron chi connectivity index (χ2n) is 6.29. The zero-order chi connectivity index (χ0) is 16.7. The van der Waals surface area contributed by atoms with Gasteiger partial charge in [-0.15, -0.1) is 10.2 Å². The molecule has 2 amide bonds. The summed E-state index contributed by atoms with van der Waals surface area (Å²) in [4.78, 5) is 14.4. The highest BCUT2D eigenvalue weighted by molar-refractivity contribution is 7.18. The maximum absolute atomic E-state index is 13.5. The summed E-state index contributed by atoms with van der Waals surface area (Å²) < 4.78 is 13.5. The van der Waals surface area contributed by atoms with Crippen molar-refractivity contribution in [1.29, 1.82) is 0 Å². The zero-order valence-corrected chi connectivity index (χ0v) is 14.1. The van der Waals surface area contributed by atoms with Crippen molar-refractivity contribution < 1.29 is 9.18 Å². The molecule has 3 aliphatic rings. The third kappa shape index (κ3) is 2.87. The van der Waals surface area contributed by atoms with E-state index in [4.69, 9.17) is 0 Å². The lowest BCUT2D eigenvalue weighted by Crippen LogP contribution is -2.63. The van der Waals surface area contributed by atoms with Gasteiger partial charge < -0.3 is 10.2 Å². The lowest BCUT2D eigenvalue weighted by molar-refractivity contribution is 0.106. The molecule has 6 nitrogen and oxygen atoms in total. The average molecular weight is 347 g/mol. The molecule has 3 aliphatic heterocycles. The number of hydrogen-bond acceptors (Lipinski definition) is 5. The summed E-state index contributed by atoms with van der Waals surface area (Å²) in [7, 11) is 0. The lowest BCUT2D eigenvalue weighted by atomic mass is 9.93. The summed E-state index contributed by atoms with van der Waals surface area (Å²) in [5.74, 6) is -0.312. The first-order chi connectivity index (χ1) is 11.6. The van der Waals surface area contributed by atoms with Crippen LogP contribution in [0.4, 0.5) is 14.3 Å². The molecule has 1 aromatic carbocycles. The number of aryl methyl sites for hydroxylation is 1. The number of hydrogen-bond donors (Lipinski definition) is 2. The number of piperazine rings is 1. The number of carbonyl (C=O) groups excluding carboxylic acids is 1. The second-order valence-corrected chi connectivity index (χ2v) is 7.27. The number of halogens is 1. The van der Waals surface area contributed by atoms with Gasteiger partial charge in [0.15, 0.2) is 0 Å². The molecule has 2 atom stereocenters. The summed E-state index contributed by atoms with van der Waals surface area (Å²) in [5, 5.41) is 15.4. The van der Waals surface area contributed by atoms with E-state index in [9.17, 15) is 9.18 Å². The zero-order valence-electron chi connectivity index (χ0n) is 13.3. The molecule has 3 fully saturated rings. The molecular formula is C16H18FN5OS. The highest BCUT2D eigenvalue weighted by Crippen LogP contribution is 2.30. The molecule has 2 bridgehead atoms. The fourth-order valence-electron chi connectivity index (χ4n) is 3.33. The van der Waals surface area contributed by atoms with Crippen molar-refractivity contribution in [3.63, 3.8) is 0 Å². The maximum atomic E-state index is 13.5. The van der Waals surface area contributed by atoms with Gasteiger partial charge in [0.05, 0.1) is 0 Å². The van der Waals surface area contributed by atoms with Crippen molar-refractivity contribution in [3.8, 4) is 10.6 Å². The Morgan fingerprint density at radius 1 is 1.42 bits per heavy atom. The van der Waals surface area contributed by atoms with E-state index in [1.807, 2.05) is 11.8 Å². The van der Waals surface area contributed by atoms with Crippen LogP contribution in [-0.4, -0.2) is 46.3 Å². The Hall–Kier alpha value is -2.06. The third-order valence-electron chi connectivity index (χ3n) is 4.68. The highest BCUT2D eigenvalue weighted by Gasteiger charge is 2.36. The van der Waals surface area contributed by atoms with Gasteiger partial charge in [0.25, 0.3) is 0 Å². The van der Waals surface area contributed by atoms with E-state index in [1.54, 1.807) is 6.07 Å². The Kier molecular flexibility index (Phi) is 3.93. The van der Waals surface area contributed by atoms with Gasteiger partial charge in [-0.2, -0.15) is 0 Å². The molecule has 0 spiro atoms. The smallest absolute Gasteiger partial charge is 0.319 e. The summed E-state index contributed by atoms with van der Waals surface area (Å²) in [6.07, 6.45) is 2.16. The van der Waals surface area contributed by atoms with Crippen molar-refractivity contribution in [2.75, 3.05) is 18.4 Å². The number of anilines is 1. The molecule has 4 heterocycles. The van der Waals surface area contributed by atoms with Crippen LogP contribution in [0.1, 0.15) is 18.4 Å². The van der Waals surface area contributed by atoms with Gasteiger partial charge in [-0.3, -0.25) is 5.32 Å². The normalized spacial score (nSPS) is 22.7. The number of urea groups is 1. The number of benzene rings is 1. The topological polar surface area (TPSA) is 70.2 Å². The standard InChI is InChI=1S/C16H18FN5OS/c1-9-2-3-10(17)6-13(9)14-20-21-15(24-14)19-16(23)22-8-11-4-5-12(22)7-18-11/h2-3,6,11-12,18H,4-5,7-8H2,1H3,(H,19,21,23). The van der Waals surface area contributed by atoms with Gasteiger partial charge in [0.1, 0.15) is 10.8 Å². The van der Waals surface area contributed by atoms with E-state index in [2.05, 4.69) is 20.8 Å². The predicted molar refractivity (Wildman–Crippen MR) is 90.6 cm³/mol. The van der Waals surface area contributed by atoms with Gasteiger partial charge in [-0.25, -0.2) is 9.18 Å². The summed E-state index contributed by atoms with van der Waals surface area (Å²) in [6, 6.07) is 5.07. The van der Waals surface area contributed by atoms with Crippen molar-refractivity contribution in [1.82, 2.24) is 20.4 Å². The van der Waals surface area contributed by atoms with Crippen LogP contribution in [-0.2, 0) is 0 Å².